The number of hydrogen-bond acceptors (Lipinski definition) is 3. The Morgan fingerprint density at radius 2 is 1.62 bits per heavy atom. The maximum atomic E-state index is 13.6. The molecule has 2 aromatic carbocycles. The van der Waals surface area contributed by atoms with Crippen LogP contribution < -0.4 is 5.32 Å². The van der Waals surface area contributed by atoms with Gasteiger partial charge in [-0.2, -0.15) is 4.31 Å². The van der Waals surface area contributed by atoms with Gasteiger partial charge in [-0.1, -0.05) is 25.0 Å². The maximum Gasteiger partial charge on any atom is 0.254 e. The highest BCUT2D eigenvalue weighted by molar-refractivity contribution is 7.89. The Kier molecular flexibility index (Phi) is 6.97. The molecule has 1 N–H and O–H groups in total. The van der Waals surface area contributed by atoms with Crippen molar-refractivity contribution in [1.29, 1.82) is 0 Å². The maximum absolute atomic E-state index is 13.6. The van der Waals surface area contributed by atoms with Crippen molar-refractivity contribution >= 4 is 15.9 Å². The lowest BCUT2D eigenvalue weighted by molar-refractivity contribution is 0.0949. The smallest absolute Gasteiger partial charge is 0.254 e. The Bertz CT molecular complexity index is 954. The lowest BCUT2D eigenvalue weighted by atomic mass is 10.1. The van der Waals surface area contributed by atoms with Crippen molar-refractivity contribution in [2.45, 2.75) is 37.0 Å². The van der Waals surface area contributed by atoms with Crippen LogP contribution in [0.15, 0.2) is 47.4 Å². The van der Waals surface area contributed by atoms with E-state index in [1.54, 1.807) is 28.6 Å². The first-order valence-electron chi connectivity index (χ1n) is 9.70. The van der Waals surface area contributed by atoms with Crippen LogP contribution in [-0.4, -0.2) is 38.3 Å². The van der Waals surface area contributed by atoms with Crippen molar-refractivity contribution in [1.82, 2.24) is 9.62 Å². The molecule has 0 saturated carbocycles. The summed E-state index contributed by atoms with van der Waals surface area (Å²) < 4.78 is 53.9. The summed E-state index contributed by atoms with van der Waals surface area (Å²) in [6.07, 6.45) is 4.30. The van der Waals surface area contributed by atoms with E-state index in [1.165, 1.54) is 0 Å². The minimum absolute atomic E-state index is 0.215. The highest BCUT2D eigenvalue weighted by Gasteiger charge is 2.24. The largest absolute Gasteiger partial charge is 0.352 e. The number of hydrogen-bond donors (Lipinski definition) is 1. The molecule has 0 unspecified atom stereocenters. The lowest BCUT2D eigenvalue weighted by Crippen LogP contribution is -2.31. The molecule has 1 aliphatic rings. The summed E-state index contributed by atoms with van der Waals surface area (Å²) in [7, 11) is -3.49. The normalized spacial score (nSPS) is 15.7. The van der Waals surface area contributed by atoms with Gasteiger partial charge in [0.05, 0.1) is 10.5 Å². The van der Waals surface area contributed by atoms with Crippen LogP contribution in [0.4, 0.5) is 8.78 Å². The molecule has 1 amide bonds. The first-order chi connectivity index (χ1) is 13.9. The minimum atomic E-state index is -3.49. The van der Waals surface area contributed by atoms with Gasteiger partial charge in [0, 0.05) is 19.6 Å². The predicted octanol–water partition coefficient (Wildman–Crippen LogP) is 3.50. The van der Waals surface area contributed by atoms with E-state index in [9.17, 15) is 22.0 Å². The number of halogens is 2. The van der Waals surface area contributed by atoms with Gasteiger partial charge in [-0.05, 0) is 55.2 Å². The van der Waals surface area contributed by atoms with Crippen LogP contribution in [-0.2, 0) is 16.4 Å². The fourth-order valence-corrected chi connectivity index (χ4v) is 4.86. The molecule has 1 aliphatic heterocycles. The van der Waals surface area contributed by atoms with Crippen molar-refractivity contribution in [2.75, 3.05) is 19.6 Å². The monoisotopic (exact) mass is 422 g/mol. The highest BCUT2D eigenvalue weighted by Crippen LogP contribution is 2.20. The van der Waals surface area contributed by atoms with Gasteiger partial charge in [-0.25, -0.2) is 17.2 Å². The van der Waals surface area contributed by atoms with Crippen LogP contribution >= 0.6 is 0 Å². The standard InChI is InChI=1S/C21H24F2N2O3S/c22-17-7-10-20(23)19(15-17)21(26)24-12-11-16-5-8-18(9-6-16)29(27,28)25-13-3-1-2-4-14-25/h5-10,15H,1-4,11-14H2,(H,24,26). The van der Waals surface area contributed by atoms with Gasteiger partial charge < -0.3 is 5.32 Å². The molecule has 0 atom stereocenters. The second-order valence-electron chi connectivity index (χ2n) is 7.09. The molecule has 5 nitrogen and oxygen atoms in total. The second-order valence-corrected chi connectivity index (χ2v) is 9.03. The zero-order valence-electron chi connectivity index (χ0n) is 16.0. The Hall–Kier alpha value is -2.32. The van der Waals surface area contributed by atoms with Crippen LogP contribution in [0.1, 0.15) is 41.6 Å². The Balaban J connectivity index is 1.58. The fourth-order valence-electron chi connectivity index (χ4n) is 3.35. The molecular formula is C21H24F2N2O3S. The van der Waals surface area contributed by atoms with Crippen molar-refractivity contribution in [3.63, 3.8) is 0 Å². The van der Waals surface area contributed by atoms with E-state index in [-0.39, 0.29) is 17.0 Å². The van der Waals surface area contributed by atoms with Gasteiger partial charge in [-0.15, -0.1) is 0 Å². The molecule has 2 aromatic rings. The molecule has 0 bridgehead atoms. The zero-order valence-corrected chi connectivity index (χ0v) is 16.9. The van der Waals surface area contributed by atoms with Crippen LogP contribution in [0.5, 0.6) is 0 Å². The van der Waals surface area contributed by atoms with E-state index >= 15 is 0 Å². The second kappa shape index (κ2) is 9.45. The third kappa shape index (κ3) is 5.39. The summed E-state index contributed by atoms with van der Waals surface area (Å²) in [5, 5.41) is 2.55. The van der Waals surface area contributed by atoms with Crippen LogP contribution in [0, 0.1) is 11.6 Å². The molecule has 0 aromatic heterocycles. The van der Waals surface area contributed by atoms with Gasteiger partial charge in [0.15, 0.2) is 0 Å². The molecule has 0 radical (unpaired) electrons. The molecular weight excluding hydrogens is 398 g/mol. The van der Waals surface area contributed by atoms with E-state index in [0.29, 0.717) is 19.5 Å². The molecule has 156 valence electrons. The number of nitrogens with one attached hydrogen (secondary N) is 1. The average molecular weight is 422 g/mol. The summed E-state index contributed by atoms with van der Waals surface area (Å²) in [5.74, 6) is -2.16. The number of nitrogens with zero attached hydrogens (tertiary/aromatic N) is 1. The Morgan fingerprint density at radius 1 is 0.966 bits per heavy atom. The SMILES string of the molecule is O=C(NCCc1ccc(S(=O)(=O)N2CCCCCC2)cc1)c1cc(F)ccc1F. The van der Waals surface area contributed by atoms with Crippen molar-refractivity contribution in [2.24, 2.45) is 0 Å². The summed E-state index contributed by atoms with van der Waals surface area (Å²) in [5.41, 5.74) is 0.490. The third-order valence-electron chi connectivity index (χ3n) is 5.00. The quantitative estimate of drug-likeness (QED) is 0.775. The number of benzene rings is 2. The molecule has 1 fully saturated rings. The van der Waals surface area contributed by atoms with Gasteiger partial charge in [0.25, 0.3) is 5.91 Å². The molecule has 0 aliphatic carbocycles. The van der Waals surface area contributed by atoms with Gasteiger partial charge in [0.1, 0.15) is 11.6 Å². The Labute approximate surface area is 169 Å². The third-order valence-corrected chi connectivity index (χ3v) is 6.91. The summed E-state index contributed by atoms with van der Waals surface area (Å²) in [4.78, 5) is 12.3. The summed E-state index contributed by atoms with van der Waals surface area (Å²) in [6.45, 7) is 1.31. The number of rotatable bonds is 6. The number of sulfonamides is 1. The van der Waals surface area contributed by atoms with Crippen molar-refractivity contribution in [3.8, 4) is 0 Å². The summed E-state index contributed by atoms with van der Waals surface area (Å²) in [6, 6.07) is 9.28. The van der Waals surface area contributed by atoms with Crippen molar-refractivity contribution < 1.29 is 22.0 Å². The molecule has 3 rings (SSSR count). The average Bonchev–Trinajstić information content (AvgIpc) is 3.00. The fraction of sp³-hybridized carbons (Fsp3) is 0.381. The van der Waals surface area contributed by atoms with Crippen LogP contribution in [0.3, 0.4) is 0 Å². The van der Waals surface area contributed by atoms with Crippen LogP contribution in [0.2, 0.25) is 0 Å². The number of carbonyl (C=O) groups is 1. The van der Waals surface area contributed by atoms with Crippen molar-refractivity contribution in [3.05, 3.63) is 65.2 Å². The highest BCUT2D eigenvalue weighted by atomic mass is 32.2. The number of carbonyl (C=O) groups excluding carboxylic acids is 1. The first-order valence-corrected chi connectivity index (χ1v) is 11.1. The molecule has 29 heavy (non-hydrogen) atoms. The first kappa shape index (κ1) is 21.4. The van der Waals surface area contributed by atoms with Crippen LogP contribution in [0.25, 0.3) is 0 Å². The van der Waals surface area contributed by atoms with Gasteiger partial charge in [0.2, 0.25) is 10.0 Å². The lowest BCUT2D eigenvalue weighted by Gasteiger charge is -2.20. The predicted molar refractivity (Wildman–Crippen MR) is 106 cm³/mol. The molecule has 1 saturated heterocycles. The zero-order chi connectivity index (χ0) is 20.9. The van der Waals surface area contributed by atoms with Gasteiger partial charge >= 0.3 is 0 Å². The van der Waals surface area contributed by atoms with E-state index in [1.807, 2.05) is 0 Å². The summed E-state index contributed by atoms with van der Waals surface area (Å²) >= 11 is 0. The topological polar surface area (TPSA) is 66.5 Å². The van der Waals surface area contributed by atoms with E-state index in [2.05, 4.69) is 5.32 Å². The number of amides is 1. The minimum Gasteiger partial charge on any atom is -0.352 e. The van der Waals surface area contributed by atoms with E-state index in [4.69, 9.17) is 0 Å². The van der Waals surface area contributed by atoms with Gasteiger partial charge in [-0.3, -0.25) is 4.79 Å². The van der Waals surface area contributed by atoms with E-state index < -0.39 is 27.6 Å². The molecule has 0 spiro atoms. The molecule has 8 heteroatoms. The molecule has 1 heterocycles. The Morgan fingerprint density at radius 3 is 2.28 bits per heavy atom. The van der Waals surface area contributed by atoms with E-state index in [0.717, 1.165) is 49.4 Å².